The largest absolute Gasteiger partial charge is 0.495 e. The quantitative estimate of drug-likeness (QED) is 0.727. The van der Waals surface area contributed by atoms with Crippen molar-refractivity contribution in [1.29, 1.82) is 0 Å². The molecule has 0 aliphatic carbocycles. The molecule has 2 aromatic rings. The fourth-order valence-electron chi connectivity index (χ4n) is 4.43. The average molecular weight is 454 g/mol. The van der Waals surface area contributed by atoms with Gasteiger partial charge in [0.25, 0.3) is 0 Å². The number of likely N-dealkylation sites (tertiary alicyclic amines) is 1. The minimum atomic E-state index is -0.336. The molecule has 4 rings (SSSR count). The maximum Gasteiger partial charge on any atom is 0.229 e. The number of benzene rings is 2. The Hall–Kier alpha value is -3.42. The predicted octanol–water partition coefficient (Wildman–Crippen LogP) is 3.38. The highest BCUT2D eigenvalue weighted by Crippen LogP contribution is 2.34. The van der Waals surface area contributed by atoms with E-state index in [0.29, 0.717) is 49.6 Å². The van der Waals surface area contributed by atoms with Gasteiger partial charge in [0.05, 0.1) is 25.1 Å². The minimum Gasteiger partial charge on any atom is -0.495 e. The number of anilines is 2. The Bertz CT molecular complexity index is 1040. The maximum atomic E-state index is 13.1. The highest BCUT2D eigenvalue weighted by molar-refractivity contribution is 5.99. The Morgan fingerprint density at radius 1 is 1.12 bits per heavy atom. The van der Waals surface area contributed by atoms with Gasteiger partial charge in [-0.1, -0.05) is 12.1 Å². The summed E-state index contributed by atoms with van der Waals surface area (Å²) in [5.74, 6) is -0.263. The first-order chi connectivity index (χ1) is 15.9. The van der Waals surface area contributed by atoms with Crippen LogP contribution in [-0.4, -0.2) is 49.4 Å². The lowest BCUT2D eigenvalue weighted by molar-refractivity contribution is -0.134. The van der Waals surface area contributed by atoms with Gasteiger partial charge in [-0.25, -0.2) is 4.39 Å². The van der Waals surface area contributed by atoms with Crippen LogP contribution < -0.4 is 15.0 Å². The topological polar surface area (TPSA) is 79.0 Å². The first-order valence-corrected chi connectivity index (χ1v) is 11.3. The SMILES string of the molecule is COc1ccc(NC(=O)C2CCCN(C(=O)Cc3ccc(F)cc3)C2)cc1N1CCCC1=O. The zero-order valence-corrected chi connectivity index (χ0v) is 18.7. The summed E-state index contributed by atoms with van der Waals surface area (Å²) in [4.78, 5) is 41.3. The monoisotopic (exact) mass is 453 g/mol. The van der Waals surface area contributed by atoms with E-state index in [2.05, 4.69) is 5.32 Å². The van der Waals surface area contributed by atoms with Gasteiger partial charge in [0, 0.05) is 31.7 Å². The molecule has 0 spiro atoms. The molecule has 7 nitrogen and oxygen atoms in total. The molecule has 1 N–H and O–H groups in total. The molecule has 0 aromatic heterocycles. The molecule has 1 unspecified atom stereocenters. The normalized spacial score (nSPS) is 18.4. The number of nitrogens with one attached hydrogen (secondary N) is 1. The van der Waals surface area contributed by atoms with Crippen molar-refractivity contribution in [3.8, 4) is 5.75 Å². The van der Waals surface area contributed by atoms with E-state index in [1.54, 1.807) is 47.2 Å². The molecule has 2 aromatic carbocycles. The summed E-state index contributed by atoms with van der Waals surface area (Å²) in [5, 5.41) is 2.94. The van der Waals surface area contributed by atoms with E-state index in [-0.39, 0.29) is 35.9 Å². The van der Waals surface area contributed by atoms with Crippen molar-refractivity contribution in [2.75, 3.05) is 37.0 Å². The lowest BCUT2D eigenvalue weighted by Gasteiger charge is -2.32. The van der Waals surface area contributed by atoms with Gasteiger partial charge in [-0.3, -0.25) is 14.4 Å². The number of methoxy groups -OCH3 is 1. The highest BCUT2D eigenvalue weighted by Gasteiger charge is 2.29. The van der Waals surface area contributed by atoms with Gasteiger partial charge in [-0.05, 0) is 55.2 Å². The van der Waals surface area contributed by atoms with E-state index in [1.165, 1.54) is 12.1 Å². The van der Waals surface area contributed by atoms with Gasteiger partial charge >= 0.3 is 0 Å². The highest BCUT2D eigenvalue weighted by atomic mass is 19.1. The molecule has 0 radical (unpaired) electrons. The number of ether oxygens (including phenoxy) is 1. The molecule has 3 amide bonds. The van der Waals surface area contributed by atoms with Crippen LogP contribution in [0.4, 0.5) is 15.8 Å². The molecule has 2 fully saturated rings. The van der Waals surface area contributed by atoms with Crippen LogP contribution in [0, 0.1) is 11.7 Å². The summed E-state index contributed by atoms with van der Waals surface area (Å²) >= 11 is 0. The summed E-state index contributed by atoms with van der Waals surface area (Å²) < 4.78 is 18.5. The third-order valence-electron chi connectivity index (χ3n) is 6.22. The summed E-state index contributed by atoms with van der Waals surface area (Å²) in [6.07, 6.45) is 2.91. The lowest BCUT2D eigenvalue weighted by Crippen LogP contribution is -2.44. The van der Waals surface area contributed by atoms with Crippen molar-refractivity contribution in [2.24, 2.45) is 5.92 Å². The van der Waals surface area contributed by atoms with Gasteiger partial charge in [0.2, 0.25) is 17.7 Å². The van der Waals surface area contributed by atoms with Crippen LogP contribution in [0.3, 0.4) is 0 Å². The molecule has 2 heterocycles. The van der Waals surface area contributed by atoms with Crippen molar-refractivity contribution in [2.45, 2.75) is 32.1 Å². The Labute approximate surface area is 192 Å². The first kappa shape index (κ1) is 22.8. The maximum absolute atomic E-state index is 13.1. The molecule has 33 heavy (non-hydrogen) atoms. The number of hydrogen-bond acceptors (Lipinski definition) is 4. The van der Waals surface area contributed by atoms with Crippen LogP contribution in [0.15, 0.2) is 42.5 Å². The van der Waals surface area contributed by atoms with Crippen LogP contribution in [0.2, 0.25) is 0 Å². The number of hydrogen-bond donors (Lipinski definition) is 1. The smallest absolute Gasteiger partial charge is 0.229 e. The average Bonchev–Trinajstić information content (AvgIpc) is 3.26. The molecule has 0 saturated carbocycles. The fraction of sp³-hybridized carbons (Fsp3) is 0.400. The van der Waals surface area contributed by atoms with Gasteiger partial charge in [-0.2, -0.15) is 0 Å². The zero-order valence-electron chi connectivity index (χ0n) is 18.7. The molecule has 2 aliphatic rings. The molecule has 1 atom stereocenters. The summed E-state index contributed by atoms with van der Waals surface area (Å²) in [6.45, 7) is 1.58. The Balaban J connectivity index is 1.40. The second-order valence-electron chi connectivity index (χ2n) is 8.51. The zero-order chi connectivity index (χ0) is 23.4. The summed E-state index contributed by atoms with van der Waals surface area (Å²) in [7, 11) is 1.55. The van der Waals surface area contributed by atoms with Crippen molar-refractivity contribution in [1.82, 2.24) is 4.90 Å². The molecular weight excluding hydrogens is 425 g/mol. The van der Waals surface area contributed by atoms with E-state index in [4.69, 9.17) is 4.74 Å². The lowest BCUT2D eigenvalue weighted by atomic mass is 9.96. The second kappa shape index (κ2) is 10.0. The molecular formula is C25H28FN3O4. The summed E-state index contributed by atoms with van der Waals surface area (Å²) in [6, 6.07) is 11.2. The molecule has 2 aliphatic heterocycles. The van der Waals surface area contributed by atoms with E-state index in [0.717, 1.165) is 18.4 Å². The van der Waals surface area contributed by atoms with Crippen molar-refractivity contribution in [3.63, 3.8) is 0 Å². The van der Waals surface area contributed by atoms with Crippen LogP contribution in [0.5, 0.6) is 5.75 Å². The molecule has 174 valence electrons. The van der Waals surface area contributed by atoms with Crippen LogP contribution in [0.1, 0.15) is 31.2 Å². The van der Waals surface area contributed by atoms with Gasteiger partial charge in [0.1, 0.15) is 11.6 Å². The Morgan fingerprint density at radius 2 is 1.91 bits per heavy atom. The number of carbonyl (C=O) groups excluding carboxylic acids is 3. The first-order valence-electron chi connectivity index (χ1n) is 11.3. The third kappa shape index (κ3) is 5.32. The number of nitrogens with zero attached hydrogens (tertiary/aromatic N) is 2. The predicted molar refractivity (Wildman–Crippen MR) is 123 cm³/mol. The number of halogens is 1. The second-order valence-corrected chi connectivity index (χ2v) is 8.51. The van der Waals surface area contributed by atoms with Crippen molar-refractivity contribution < 1.29 is 23.5 Å². The van der Waals surface area contributed by atoms with Gasteiger partial charge in [0.15, 0.2) is 0 Å². The number of piperidine rings is 1. The number of carbonyl (C=O) groups is 3. The van der Waals surface area contributed by atoms with Gasteiger partial charge in [-0.15, -0.1) is 0 Å². The van der Waals surface area contributed by atoms with Crippen LogP contribution >= 0.6 is 0 Å². The van der Waals surface area contributed by atoms with Crippen LogP contribution in [-0.2, 0) is 20.8 Å². The Kier molecular flexibility index (Phi) is 6.91. The third-order valence-corrected chi connectivity index (χ3v) is 6.22. The van der Waals surface area contributed by atoms with E-state index < -0.39 is 0 Å². The molecule has 2 saturated heterocycles. The van der Waals surface area contributed by atoms with Crippen molar-refractivity contribution >= 4 is 29.1 Å². The number of rotatable bonds is 6. The fourth-order valence-corrected chi connectivity index (χ4v) is 4.43. The molecule has 8 heteroatoms. The van der Waals surface area contributed by atoms with Crippen LogP contribution in [0.25, 0.3) is 0 Å². The van der Waals surface area contributed by atoms with E-state index in [9.17, 15) is 18.8 Å². The minimum absolute atomic E-state index is 0.0411. The van der Waals surface area contributed by atoms with Gasteiger partial charge < -0.3 is 19.9 Å². The standard InChI is InChI=1S/C25H28FN3O4/c1-33-22-11-10-20(15-21(22)29-13-3-5-23(29)30)27-25(32)18-4-2-12-28(16-18)24(31)14-17-6-8-19(26)9-7-17/h6-11,15,18H,2-5,12-14,16H2,1H3,(H,27,32). The number of amides is 3. The van der Waals surface area contributed by atoms with Crippen molar-refractivity contribution in [3.05, 3.63) is 53.8 Å². The Morgan fingerprint density at radius 3 is 2.61 bits per heavy atom. The van der Waals surface area contributed by atoms with E-state index >= 15 is 0 Å². The van der Waals surface area contributed by atoms with E-state index in [1.807, 2.05) is 0 Å². The summed E-state index contributed by atoms with van der Waals surface area (Å²) in [5.41, 5.74) is 1.98. The molecule has 0 bridgehead atoms.